The first-order valence-corrected chi connectivity index (χ1v) is 11.5. The van der Waals surface area contributed by atoms with E-state index in [9.17, 15) is 18.8 Å². The van der Waals surface area contributed by atoms with Crippen molar-refractivity contribution in [2.24, 2.45) is 0 Å². The number of anilines is 2. The molecule has 0 N–H and O–H groups in total. The Kier molecular flexibility index (Phi) is 6.55. The molecule has 3 aromatic rings. The van der Waals surface area contributed by atoms with Crippen LogP contribution in [0, 0.1) is 5.82 Å². The van der Waals surface area contributed by atoms with Crippen LogP contribution < -0.4 is 9.80 Å². The van der Waals surface area contributed by atoms with Crippen molar-refractivity contribution >= 4 is 40.3 Å². The maximum Gasteiger partial charge on any atom is 0.268 e. The molecule has 33 heavy (non-hydrogen) atoms. The molecular formula is C25H24FN3O3S. The minimum atomic E-state index is -0.443. The van der Waals surface area contributed by atoms with Crippen molar-refractivity contribution in [2.75, 3.05) is 43.0 Å². The zero-order chi connectivity index (χ0) is 23.5. The van der Waals surface area contributed by atoms with Crippen LogP contribution in [0.25, 0.3) is 0 Å². The molecule has 170 valence electrons. The van der Waals surface area contributed by atoms with E-state index in [-0.39, 0.29) is 17.6 Å². The average Bonchev–Trinajstić information content (AvgIpc) is 3.38. The van der Waals surface area contributed by atoms with Crippen LogP contribution in [0.2, 0.25) is 0 Å². The van der Waals surface area contributed by atoms with Crippen LogP contribution in [0.1, 0.15) is 37.3 Å². The van der Waals surface area contributed by atoms with Gasteiger partial charge in [0.25, 0.3) is 11.8 Å². The van der Waals surface area contributed by atoms with Gasteiger partial charge < -0.3 is 14.7 Å². The molecule has 2 amide bonds. The molecule has 0 aliphatic carbocycles. The number of thiophene rings is 1. The van der Waals surface area contributed by atoms with E-state index in [1.807, 2.05) is 16.3 Å². The van der Waals surface area contributed by atoms with Crippen molar-refractivity contribution in [3.8, 4) is 0 Å². The maximum absolute atomic E-state index is 14.5. The second-order valence-corrected chi connectivity index (χ2v) is 8.81. The Morgan fingerprint density at radius 1 is 0.970 bits per heavy atom. The van der Waals surface area contributed by atoms with E-state index >= 15 is 0 Å². The lowest BCUT2D eigenvalue weighted by molar-refractivity contribution is 0.0747. The summed E-state index contributed by atoms with van der Waals surface area (Å²) in [5, 5.41) is 1.84. The van der Waals surface area contributed by atoms with Gasteiger partial charge in [-0.1, -0.05) is 18.2 Å². The van der Waals surface area contributed by atoms with Gasteiger partial charge in [0.2, 0.25) is 0 Å². The first-order chi connectivity index (χ1) is 15.9. The smallest absolute Gasteiger partial charge is 0.268 e. The summed E-state index contributed by atoms with van der Waals surface area (Å²) in [6, 6.07) is 15.1. The van der Waals surface area contributed by atoms with Gasteiger partial charge in [-0.15, -0.1) is 11.3 Å². The molecule has 8 heteroatoms. The summed E-state index contributed by atoms with van der Waals surface area (Å²) in [5.41, 5.74) is 1.77. The summed E-state index contributed by atoms with van der Waals surface area (Å²) in [5.74, 6) is -0.957. The van der Waals surface area contributed by atoms with Crippen LogP contribution in [0.3, 0.4) is 0 Å². The fourth-order valence-corrected chi connectivity index (χ4v) is 4.62. The van der Waals surface area contributed by atoms with Crippen LogP contribution in [0.4, 0.5) is 15.8 Å². The van der Waals surface area contributed by atoms with E-state index in [1.54, 1.807) is 54.4 Å². The molecule has 0 saturated carbocycles. The topological polar surface area (TPSA) is 60.9 Å². The van der Waals surface area contributed by atoms with E-state index in [0.717, 1.165) is 0 Å². The third kappa shape index (κ3) is 4.66. The standard InChI is InChI=1S/C25H24FN3O3S/c1-17(30)18-9-10-22(20(26)16-18)28-11-13-29(14-12-28)24(31)19-6-3-4-7-21(19)27(2)25(32)23-8-5-15-33-23/h3-10,15-16H,11-14H2,1-2H3. The molecule has 2 heterocycles. The number of carbonyl (C=O) groups is 3. The first-order valence-electron chi connectivity index (χ1n) is 10.6. The number of ketones is 1. The summed E-state index contributed by atoms with van der Waals surface area (Å²) >= 11 is 1.36. The van der Waals surface area contributed by atoms with E-state index in [1.165, 1.54) is 29.2 Å². The highest BCUT2D eigenvalue weighted by Crippen LogP contribution is 2.26. The Morgan fingerprint density at radius 3 is 2.33 bits per heavy atom. The number of benzene rings is 2. The van der Waals surface area contributed by atoms with Gasteiger partial charge in [-0.25, -0.2) is 4.39 Å². The van der Waals surface area contributed by atoms with E-state index in [4.69, 9.17) is 0 Å². The monoisotopic (exact) mass is 465 g/mol. The molecule has 1 fully saturated rings. The number of hydrogen-bond acceptors (Lipinski definition) is 5. The fourth-order valence-electron chi connectivity index (χ4n) is 3.93. The largest absolute Gasteiger partial charge is 0.366 e. The third-order valence-electron chi connectivity index (χ3n) is 5.79. The lowest BCUT2D eigenvalue weighted by Gasteiger charge is -2.36. The third-order valence-corrected chi connectivity index (χ3v) is 6.65. The van der Waals surface area contributed by atoms with Crippen molar-refractivity contribution < 1.29 is 18.8 Å². The Morgan fingerprint density at radius 2 is 1.70 bits per heavy atom. The number of halogens is 1. The maximum atomic E-state index is 14.5. The van der Waals surface area contributed by atoms with Crippen LogP contribution in [-0.2, 0) is 0 Å². The lowest BCUT2D eigenvalue weighted by Crippen LogP contribution is -2.49. The van der Waals surface area contributed by atoms with Gasteiger partial charge >= 0.3 is 0 Å². The van der Waals surface area contributed by atoms with Crippen LogP contribution in [0.15, 0.2) is 60.0 Å². The quantitative estimate of drug-likeness (QED) is 0.527. The SMILES string of the molecule is CC(=O)c1ccc(N2CCN(C(=O)c3ccccc3N(C)C(=O)c3cccs3)CC2)c(F)c1. The summed E-state index contributed by atoms with van der Waals surface area (Å²) < 4.78 is 14.5. The number of para-hydroxylation sites is 1. The molecule has 0 spiro atoms. The lowest BCUT2D eigenvalue weighted by atomic mass is 10.1. The normalized spacial score (nSPS) is 13.7. The van der Waals surface area contributed by atoms with Crippen LogP contribution in [0.5, 0.6) is 0 Å². The van der Waals surface area contributed by atoms with Gasteiger partial charge in [0.05, 0.1) is 21.8 Å². The van der Waals surface area contributed by atoms with Crippen molar-refractivity contribution in [3.05, 3.63) is 81.8 Å². The summed E-state index contributed by atoms with van der Waals surface area (Å²) in [6.45, 7) is 3.18. The highest BCUT2D eigenvalue weighted by Gasteiger charge is 2.27. The molecule has 2 aromatic carbocycles. The van der Waals surface area contributed by atoms with E-state index < -0.39 is 5.82 Å². The van der Waals surface area contributed by atoms with Gasteiger partial charge in [-0.2, -0.15) is 0 Å². The molecule has 1 saturated heterocycles. The predicted molar refractivity (Wildman–Crippen MR) is 128 cm³/mol. The molecule has 0 atom stereocenters. The van der Waals surface area contributed by atoms with Gasteiger partial charge in [0.1, 0.15) is 5.82 Å². The summed E-state index contributed by atoms with van der Waals surface area (Å²) in [7, 11) is 1.67. The van der Waals surface area contributed by atoms with Crippen LogP contribution >= 0.6 is 11.3 Å². The van der Waals surface area contributed by atoms with Crippen molar-refractivity contribution in [3.63, 3.8) is 0 Å². The number of carbonyl (C=O) groups excluding carboxylic acids is 3. The molecule has 1 aliphatic heterocycles. The zero-order valence-electron chi connectivity index (χ0n) is 18.5. The van der Waals surface area contributed by atoms with E-state index in [0.29, 0.717) is 53.6 Å². The van der Waals surface area contributed by atoms with Gasteiger partial charge in [-0.05, 0) is 48.7 Å². The number of amides is 2. The predicted octanol–water partition coefficient (Wildman–Crippen LogP) is 4.33. The number of rotatable bonds is 5. The minimum Gasteiger partial charge on any atom is -0.366 e. The number of piperazine rings is 1. The molecule has 0 unspecified atom stereocenters. The Bertz CT molecular complexity index is 1190. The molecular weight excluding hydrogens is 441 g/mol. The second-order valence-electron chi connectivity index (χ2n) is 7.86. The molecule has 1 aliphatic rings. The van der Waals surface area contributed by atoms with Gasteiger partial charge in [0, 0.05) is 38.8 Å². The van der Waals surface area contributed by atoms with Gasteiger partial charge in [-0.3, -0.25) is 14.4 Å². The fraction of sp³-hybridized carbons (Fsp3) is 0.240. The molecule has 0 bridgehead atoms. The highest BCUT2D eigenvalue weighted by atomic mass is 32.1. The zero-order valence-corrected chi connectivity index (χ0v) is 19.3. The van der Waals surface area contributed by atoms with Crippen LogP contribution in [-0.4, -0.2) is 55.7 Å². The van der Waals surface area contributed by atoms with Crippen molar-refractivity contribution in [1.29, 1.82) is 0 Å². The van der Waals surface area contributed by atoms with Gasteiger partial charge in [0.15, 0.2) is 5.78 Å². The number of hydrogen-bond donors (Lipinski definition) is 0. The molecule has 4 rings (SSSR count). The Labute approximate surface area is 195 Å². The number of nitrogens with zero attached hydrogens (tertiary/aromatic N) is 3. The summed E-state index contributed by atoms with van der Waals surface area (Å²) in [6.07, 6.45) is 0. The molecule has 0 radical (unpaired) electrons. The van der Waals surface area contributed by atoms with E-state index in [2.05, 4.69) is 0 Å². The van der Waals surface area contributed by atoms with Crippen molar-refractivity contribution in [1.82, 2.24) is 4.90 Å². The summed E-state index contributed by atoms with van der Waals surface area (Å²) in [4.78, 5) is 43.3. The molecule has 1 aromatic heterocycles. The molecule has 6 nitrogen and oxygen atoms in total. The second kappa shape index (κ2) is 9.54. The highest BCUT2D eigenvalue weighted by molar-refractivity contribution is 7.12. The average molecular weight is 466 g/mol. The minimum absolute atomic E-state index is 0.163. The Hall–Kier alpha value is -3.52. The number of Topliss-reactive ketones (excluding diaryl/α,β-unsaturated/α-hetero) is 1. The first kappa shape index (κ1) is 22.7. The van der Waals surface area contributed by atoms with Crippen molar-refractivity contribution in [2.45, 2.75) is 6.92 Å². The Balaban J connectivity index is 1.48.